The van der Waals surface area contributed by atoms with E-state index in [1.807, 2.05) is 30.3 Å². The topological polar surface area (TPSA) is 110 Å². The van der Waals surface area contributed by atoms with Crippen molar-refractivity contribution < 1.29 is 27.3 Å². The second kappa shape index (κ2) is 11.5. The Morgan fingerprint density at radius 1 is 1.23 bits per heavy atom. The molecule has 30 heavy (non-hydrogen) atoms. The van der Waals surface area contributed by atoms with Crippen LogP contribution in [0.15, 0.2) is 61.2 Å². The van der Waals surface area contributed by atoms with Crippen LogP contribution in [-0.4, -0.2) is 42.2 Å². The molecule has 4 unspecified atom stereocenters. The number of hydrogen-bond acceptors (Lipinski definition) is 5. The summed E-state index contributed by atoms with van der Waals surface area (Å²) in [6, 6.07) is 8.53. The van der Waals surface area contributed by atoms with Gasteiger partial charge in [-0.25, -0.2) is 4.79 Å². The number of nitrogens with one attached hydrogen (secondary N) is 1. The van der Waals surface area contributed by atoms with Gasteiger partial charge in [0.25, 0.3) is 10.1 Å². The van der Waals surface area contributed by atoms with Crippen molar-refractivity contribution in [1.29, 1.82) is 0 Å². The number of amides is 1. The van der Waals surface area contributed by atoms with Crippen LogP contribution in [0.3, 0.4) is 0 Å². The molecule has 0 saturated heterocycles. The molecule has 164 valence electrons. The summed E-state index contributed by atoms with van der Waals surface area (Å²) in [5.41, 5.74) is 1.04. The molecule has 0 heterocycles. The summed E-state index contributed by atoms with van der Waals surface area (Å²) in [5, 5.41) is 1.39. The zero-order valence-electron chi connectivity index (χ0n) is 17.4. The van der Waals surface area contributed by atoms with E-state index in [1.54, 1.807) is 19.1 Å². The lowest BCUT2D eigenvalue weighted by Crippen LogP contribution is -2.45. The standard InChI is InChI=1S/C22H29NO6S/c1-6-21(24)23-19(13-12-18-10-8-7-9-11-18)17(5)20(30(26,27)28)14-16(4)29-22(25)15(2)3/h6-13,16-17,19-20H,1-2,14H2,3-5H3,(H,23,24)(H,26,27,28). The third-order valence-corrected chi connectivity index (χ3v) is 5.93. The summed E-state index contributed by atoms with van der Waals surface area (Å²) in [5.74, 6) is -1.88. The van der Waals surface area contributed by atoms with E-state index in [1.165, 1.54) is 13.8 Å². The molecule has 0 radical (unpaired) electrons. The monoisotopic (exact) mass is 435 g/mol. The molecule has 0 aliphatic heterocycles. The number of rotatable bonds is 11. The first-order chi connectivity index (χ1) is 14.0. The number of ether oxygens (including phenoxy) is 1. The lowest BCUT2D eigenvalue weighted by Gasteiger charge is -2.29. The van der Waals surface area contributed by atoms with Crippen molar-refractivity contribution in [2.45, 2.75) is 44.6 Å². The van der Waals surface area contributed by atoms with E-state index in [4.69, 9.17) is 4.74 Å². The summed E-state index contributed by atoms with van der Waals surface area (Å²) >= 11 is 0. The second-order valence-electron chi connectivity index (χ2n) is 7.15. The van der Waals surface area contributed by atoms with Crippen LogP contribution in [0.4, 0.5) is 0 Å². The Balaban J connectivity index is 3.14. The van der Waals surface area contributed by atoms with Crippen molar-refractivity contribution in [3.05, 3.63) is 66.8 Å². The van der Waals surface area contributed by atoms with E-state index in [-0.39, 0.29) is 12.0 Å². The third-order valence-electron chi connectivity index (χ3n) is 4.55. The number of esters is 1. The van der Waals surface area contributed by atoms with E-state index in [2.05, 4.69) is 18.5 Å². The minimum atomic E-state index is -4.51. The number of hydrogen-bond donors (Lipinski definition) is 2. The van der Waals surface area contributed by atoms with Gasteiger partial charge in [-0.1, -0.05) is 62.6 Å². The van der Waals surface area contributed by atoms with Crippen LogP contribution in [0.25, 0.3) is 6.08 Å². The summed E-state index contributed by atoms with van der Waals surface area (Å²) in [6.07, 6.45) is 3.53. The Morgan fingerprint density at radius 3 is 2.33 bits per heavy atom. The Morgan fingerprint density at radius 2 is 1.83 bits per heavy atom. The van der Waals surface area contributed by atoms with Crippen LogP contribution in [0.1, 0.15) is 32.8 Å². The lowest BCUT2D eigenvalue weighted by molar-refractivity contribution is -0.143. The fourth-order valence-electron chi connectivity index (χ4n) is 2.85. The maximum atomic E-state index is 12.1. The van der Waals surface area contributed by atoms with Gasteiger partial charge >= 0.3 is 5.97 Å². The van der Waals surface area contributed by atoms with E-state index >= 15 is 0 Å². The van der Waals surface area contributed by atoms with Gasteiger partial charge in [0.15, 0.2) is 0 Å². The summed E-state index contributed by atoms with van der Waals surface area (Å²) in [6.45, 7) is 11.5. The summed E-state index contributed by atoms with van der Waals surface area (Å²) < 4.78 is 39.2. The van der Waals surface area contributed by atoms with E-state index in [9.17, 15) is 22.6 Å². The Bertz CT molecular complexity index is 891. The molecule has 0 aliphatic rings. The van der Waals surface area contributed by atoms with E-state index < -0.39 is 45.3 Å². The number of benzene rings is 1. The van der Waals surface area contributed by atoms with Gasteiger partial charge < -0.3 is 10.1 Å². The van der Waals surface area contributed by atoms with Gasteiger partial charge in [0.1, 0.15) is 6.10 Å². The predicted molar refractivity (Wildman–Crippen MR) is 117 cm³/mol. The average molecular weight is 436 g/mol. The van der Waals surface area contributed by atoms with Crippen molar-refractivity contribution >= 4 is 28.1 Å². The number of carbonyl (C=O) groups excluding carboxylic acids is 2. The molecule has 0 bridgehead atoms. The van der Waals surface area contributed by atoms with Crippen LogP contribution < -0.4 is 5.32 Å². The first-order valence-corrected chi connectivity index (χ1v) is 10.9. The normalized spacial score (nSPS) is 15.6. The molecule has 0 fully saturated rings. The molecule has 1 amide bonds. The minimum Gasteiger partial charge on any atom is -0.459 e. The largest absolute Gasteiger partial charge is 0.459 e. The quantitative estimate of drug-likeness (QED) is 0.314. The van der Waals surface area contributed by atoms with Crippen molar-refractivity contribution in [1.82, 2.24) is 5.32 Å². The van der Waals surface area contributed by atoms with Crippen LogP contribution >= 0.6 is 0 Å². The molecule has 0 saturated carbocycles. The molecule has 1 aromatic rings. The molecule has 8 heteroatoms. The highest BCUT2D eigenvalue weighted by Crippen LogP contribution is 2.24. The van der Waals surface area contributed by atoms with Crippen molar-refractivity contribution in [2.24, 2.45) is 5.92 Å². The minimum absolute atomic E-state index is 0.154. The maximum Gasteiger partial charge on any atom is 0.333 e. The zero-order valence-corrected chi connectivity index (χ0v) is 18.3. The van der Waals surface area contributed by atoms with Crippen molar-refractivity contribution in [3.8, 4) is 0 Å². The molecule has 2 N–H and O–H groups in total. The summed E-state index contributed by atoms with van der Waals surface area (Å²) in [7, 11) is -4.51. The molecule has 1 aromatic carbocycles. The van der Waals surface area contributed by atoms with Gasteiger partial charge in [0, 0.05) is 12.0 Å². The van der Waals surface area contributed by atoms with Gasteiger partial charge in [-0.15, -0.1) is 0 Å². The molecule has 0 aromatic heterocycles. The van der Waals surface area contributed by atoms with Crippen LogP contribution in [-0.2, 0) is 24.4 Å². The van der Waals surface area contributed by atoms with Crippen molar-refractivity contribution in [2.75, 3.05) is 0 Å². The second-order valence-corrected chi connectivity index (χ2v) is 8.79. The molecule has 4 atom stereocenters. The fourth-order valence-corrected chi connectivity index (χ4v) is 4.08. The van der Waals surface area contributed by atoms with Gasteiger partial charge in [0.05, 0.1) is 11.3 Å². The first-order valence-electron chi connectivity index (χ1n) is 9.44. The van der Waals surface area contributed by atoms with E-state index in [0.29, 0.717) is 0 Å². The summed E-state index contributed by atoms with van der Waals surface area (Å²) in [4.78, 5) is 23.6. The molecular formula is C22H29NO6S. The van der Waals surface area contributed by atoms with Gasteiger partial charge in [-0.3, -0.25) is 9.35 Å². The Labute approximate surface area is 178 Å². The third kappa shape index (κ3) is 8.34. The average Bonchev–Trinajstić information content (AvgIpc) is 2.68. The molecular weight excluding hydrogens is 406 g/mol. The molecule has 7 nitrogen and oxygen atoms in total. The molecule has 1 rings (SSSR count). The van der Waals surface area contributed by atoms with Crippen LogP contribution in [0.2, 0.25) is 0 Å². The van der Waals surface area contributed by atoms with Crippen LogP contribution in [0, 0.1) is 5.92 Å². The van der Waals surface area contributed by atoms with E-state index in [0.717, 1.165) is 11.6 Å². The first kappa shape index (κ1) is 25.3. The van der Waals surface area contributed by atoms with Crippen LogP contribution in [0.5, 0.6) is 0 Å². The SMILES string of the molecule is C=CC(=O)NC(C=Cc1ccccc1)C(C)C(CC(C)OC(=O)C(=C)C)S(=O)(=O)O. The van der Waals surface area contributed by atoms with Gasteiger partial charge in [-0.05, 0) is 31.4 Å². The lowest BCUT2D eigenvalue weighted by atomic mass is 9.93. The molecule has 0 aliphatic carbocycles. The highest BCUT2D eigenvalue weighted by molar-refractivity contribution is 7.86. The Hall–Kier alpha value is -2.71. The highest BCUT2D eigenvalue weighted by atomic mass is 32.2. The fraction of sp³-hybridized carbons (Fsp3) is 0.364. The predicted octanol–water partition coefficient (Wildman–Crippen LogP) is 3.16. The zero-order chi connectivity index (χ0) is 22.9. The Kier molecular flexibility index (Phi) is 9.68. The smallest absolute Gasteiger partial charge is 0.333 e. The highest BCUT2D eigenvalue weighted by Gasteiger charge is 2.36. The number of carbonyl (C=O) groups is 2. The van der Waals surface area contributed by atoms with Crippen molar-refractivity contribution in [3.63, 3.8) is 0 Å². The van der Waals surface area contributed by atoms with Gasteiger partial charge in [-0.2, -0.15) is 8.42 Å². The van der Waals surface area contributed by atoms with Gasteiger partial charge in [0.2, 0.25) is 5.91 Å². The molecule has 0 spiro atoms. The maximum absolute atomic E-state index is 12.1.